The molecule has 0 spiro atoms. The molecule has 2 aromatic heterocycles. The first-order valence-electron chi connectivity index (χ1n) is 12.3. The zero-order valence-electron chi connectivity index (χ0n) is 20.1. The lowest BCUT2D eigenvalue weighted by atomic mass is 9.94. The van der Waals surface area contributed by atoms with E-state index < -0.39 is 0 Å². The van der Waals surface area contributed by atoms with Crippen molar-refractivity contribution < 1.29 is 4.79 Å². The maximum Gasteiger partial charge on any atom is 0.228 e. The minimum absolute atomic E-state index is 0.242. The molecule has 0 atom stereocenters. The fourth-order valence-electron chi connectivity index (χ4n) is 5.02. The number of benzene rings is 1. The van der Waals surface area contributed by atoms with E-state index in [4.69, 9.17) is 9.97 Å². The van der Waals surface area contributed by atoms with Gasteiger partial charge in [0.25, 0.3) is 0 Å². The van der Waals surface area contributed by atoms with Gasteiger partial charge in [-0.3, -0.25) is 4.79 Å². The molecule has 5 rings (SSSR count). The van der Waals surface area contributed by atoms with E-state index >= 15 is 0 Å². The van der Waals surface area contributed by atoms with Crippen LogP contribution in [0, 0.1) is 5.41 Å². The molecule has 3 heterocycles. The second kappa shape index (κ2) is 9.05. The lowest BCUT2D eigenvalue weighted by Gasteiger charge is -2.38. The molecule has 33 heavy (non-hydrogen) atoms. The van der Waals surface area contributed by atoms with Gasteiger partial charge in [0, 0.05) is 42.9 Å². The molecule has 1 amide bonds. The third-order valence-corrected chi connectivity index (χ3v) is 8.02. The van der Waals surface area contributed by atoms with Gasteiger partial charge in [0.2, 0.25) is 5.91 Å². The highest BCUT2D eigenvalue weighted by atomic mass is 32.1. The molecule has 3 aromatic rings. The van der Waals surface area contributed by atoms with Crippen molar-refractivity contribution in [2.75, 3.05) is 31.1 Å². The predicted octanol–water partition coefficient (Wildman–Crippen LogP) is 5.05. The van der Waals surface area contributed by atoms with E-state index in [0.717, 1.165) is 61.9 Å². The summed E-state index contributed by atoms with van der Waals surface area (Å²) in [5.41, 5.74) is 2.48. The first-order chi connectivity index (χ1) is 15.9. The molecule has 0 bridgehead atoms. The number of carbonyl (C=O) groups is 1. The molecule has 2 aliphatic rings. The average Bonchev–Trinajstić information content (AvgIpc) is 3.20. The fourth-order valence-corrected chi connectivity index (χ4v) is 6.29. The van der Waals surface area contributed by atoms with E-state index in [1.54, 1.807) is 0 Å². The number of aryl methyl sites for hydroxylation is 4. The first kappa shape index (κ1) is 22.3. The summed E-state index contributed by atoms with van der Waals surface area (Å²) in [6.07, 6.45) is 6.63. The van der Waals surface area contributed by atoms with Crippen molar-refractivity contribution in [3.8, 4) is 0 Å². The Bertz CT molecular complexity index is 1140. The van der Waals surface area contributed by atoms with Crippen LogP contribution in [-0.4, -0.2) is 47.0 Å². The molecule has 1 aliphatic heterocycles. The number of rotatable bonds is 4. The maximum absolute atomic E-state index is 12.8. The van der Waals surface area contributed by atoms with Gasteiger partial charge in [0.15, 0.2) is 0 Å². The molecule has 5 nitrogen and oxygen atoms in total. The summed E-state index contributed by atoms with van der Waals surface area (Å²) in [7, 11) is 0. The summed E-state index contributed by atoms with van der Waals surface area (Å²) >= 11 is 1.88. The third-order valence-electron chi connectivity index (χ3n) is 6.83. The molecule has 6 heteroatoms. The quantitative estimate of drug-likeness (QED) is 0.544. The molecule has 1 saturated heterocycles. The number of aromatic nitrogens is 2. The van der Waals surface area contributed by atoms with Gasteiger partial charge in [-0.25, -0.2) is 9.97 Å². The van der Waals surface area contributed by atoms with Gasteiger partial charge >= 0.3 is 0 Å². The number of fused-ring (bicyclic) bond motifs is 3. The molecule has 0 radical (unpaired) electrons. The minimum atomic E-state index is -0.332. The summed E-state index contributed by atoms with van der Waals surface area (Å²) < 4.78 is 0. The van der Waals surface area contributed by atoms with Gasteiger partial charge in [-0.15, -0.1) is 11.3 Å². The molecule has 0 N–H and O–H groups in total. The first-order valence-corrected chi connectivity index (χ1v) is 13.1. The van der Waals surface area contributed by atoms with Gasteiger partial charge in [-0.1, -0.05) is 51.1 Å². The molecule has 174 valence electrons. The van der Waals surface area contributed by atoms with E-state index in [-0.39, 0.29) is 11.3 Å². The zero-order chi connectivity index (χ0) is 23.0. The smallest absolute Gasteiger partial charge is 0.228 e. The third kappa shape index (κ3) is 4.63. The number of anilines is 1. The van der Waals surface area contributed by atoms with E-state index in [9.17, 15) is 4.79 Å². The van der Waals surface area contributed by atoms with E-state index in [2.05, 4.69) is 35.2 Å². The van der Waals surface area contributed by atoms with Crippen molar-refractivity contribution in [3.63, 3.8) is 0 Å². The van der Waals surface area contributed by atoms with E-state index in [1.807, 2.05) is 37.0 Å². The Morgan fingerprint density at radius 2 is 1.70 bits per heavy atom. The van der Waals surface area contributed by atoms with E-state index in [1.165, 1.54) is 40.7 Å². The minimum Gasteiger partial charge on any atom is -0.352 e. The second-order valence-electron chi connectivity index (χ2n) is 10.4. The van der Waals surface area contributed by atoms with Crippen molar-refractivity contribution >= 4 is 33.3 Å². The van der Waals surface area contributed by atoms with Crippen LogP contribution in [0.15, 0.2) is 30.3 Å². The molecule has 1 aliphatic carbocycles. The lowest BCUT2D eigenvalue weighted by molar-refractivity contribution is -0.139. The summed E-state index contributed by atoms with van der Waals surface area (Å²) in [5.74, 6) is 2.28. The average molecular weight is 463 g/mol. The van der Waals surface area contributed by atoms with Crippen molar-refractivity contribution in [3.05, 3.63) is 52.2 Å². The Kier molecular flexibility index (Phi) is 6.12. The van der Waals surface area contributed by atoms with Crippen molar-refractivity contribution in [1.82, 2.24) is 14.9 Å². The van der Waals surface area contributed by atoms with Crippen LogP contribution in [0.5, 0.6) is 0 Å². The van der Waals surface area contributed by atoms with Crippen molar-refractivity contribution in [2.24, 2.45) is 5.41 Å². The molecule has 0 unspecified atom stereocenters. The second-order valence-corrected chi connectivity index (χ2v) is 11.5. The largest absolute Gasteiger partial charge is 0.352 e. The molecule has 1 aromatic carbocycles. The Hall–Kier alpha value is -2.47. The van der Waals surface area contributed by atoms with Gasteiger partial charge in [0.1, 0.15) is 16.5 Å². The number of hydrogen-bond donors (Lipinski definition) is 0. The van der Waals surface area contributed by atoms with Crippen LogP contribution in [-0.2, 0) is 30.5 Å². The zero-order valence-corrected chi connectivity index (χ0v) is 20.9. The van der Waals surface area contributed by atoms with Crippen LogP contribution in [0.3, 0.4) is 0 Å². The highest BCUT2D eigenvalue weighted by Gasteiger charge is 2.31. The van der Waals surface area contributed by atoms with Gasteiger partial charge < -0.3 is 9.80 Å². The van der Waals surface area contributed by atoms with Crippen LogP contribution in [0.2, 0.25) is 0 Å². The molecule has 0 saturated carbocycles. The topological polar surface area (TPSA) is 49.3 Å². The maximum atomic E-state index is 12.8. The molecular weight excluding hydrogens is 428 g/mol. The summed E-state index contributed by atoms with van der Waals surface area (Å²) in [6, 6.07) is 10.6. The number of nitrogens with zero attached hydrogens (tertiary/aromatic N) is 4. The fraction of sp³-hybridized carbons (Fsp3) is 0.519. The van der Waals surface area contributed by atoms with Crippen LogP contribution in [0.25, 0.3) is 10.2 Å². The van der Waals surface area contributed by atoms with E-state index in [0.29, 0.717) is 0 Å². The van der Waals surface area contributed by atoms with Gasteiger partial charge in [-0.05, 0) is 43.2 Å². The Balaban J connectivity index is 1.44. The number of amides is 1. The lowest BCUT2D eigenvalue weighted by Crippen LogP contribution is -2.52. The number of carbonyl (C=O) groups excluding carboxylic acids is 1. The SMILES string of the molecule is CC(C)(C)C(=O)N1CCN(c2nc(CCc3ccccc3)nc3sc4c(c23)CCCC4)CC1. The summed E-state index contributed by atoms with van der Waals surface area (Å²) in [6.45, 7) is 9.19. The van der Waals surface area contributed by atoms with Crippen LogP contribution < -0.4 is 4.90 Å². The normalized spacial score (nSPS) is 16.8. The monoisotopic (exact) mass is 462 g/mol. The summed E-state index contributed by atoms with van der Waals surface area (Å²) in [5, 5.41) is 1.29. The predicted molar refractivity (Wildman–Crippen MR) is 136 cm³/mol. The summed E-state index contributed by atoms with van der Waals surface area (Å²) in [4.78, 5) is 30.1. The Morgan fingerprint density at radius 3 is 2.42 bits per heavy atom. The highest BCUT2D eigenvalue weighted by Crippen LogP contribution is 2.40. The van der Waals surface area contributed by atoms with Crippen molar-refractivity contribution in [2.45, 2.75) is 59.3 Å². The number of piperazine rings is 1. The van der Waals surface area contributed by atoms with Crippen LogP contribution in [0.4, 0.5) is 5.82 Å². The number of hydrogen-bond acceptors (Lipinski definition) is 5. The van der Waals surface area contributed by atoms with Crippen molar-refractivity contribution in [1.29, 1.82) is 0 Å². The van der Waals surface area contributed by atoms with Crippen LogP contribution >= 0.6 is 11.3 Å². The molecular formula is C27H34N4OS. The highest BCUT2D eigenvalue weighted by molar-refractivity contribution is 7.19. The number of thiophene rings is 1. The van der Waals surface area contributed by atoms with Gasteiger partial charge in [-0.2, -0.15) is 0 Å². The standard InChI is InChI=1S/C27H34N4OS/c1-27(2,3)26(32)31-17-15-30(16-18-31)24-23-20-11-7-8-12-21(20)33-25(23)29-22(28-24)14-13-19-9-5-4-6-10-19/h4-6,9-10H,7-8,11-18H2,1-3H3. The molecule has 1 fully saturated rings. The van der Waals surface area contributed by atoms with Crippen LogP contribution in [0.1, 0.15) is 55.4 Å². The Morgan fingerprint density at radius 1 is 0.970 bits per heavy atom. The van der Waals surface area contributed by atoms with Gasteiger partial charge in [0.05, 0.1) is 5.39 Å². The Labute approximate surface area is 200 Å².